The van der Waals surface area contributed by atoms with Crippen molar-refractivity contribution in [3.05, 3.63) is 53.6 Å². The molecule has 0 saturated heterocycles. The van der Waals surface area contributed by atoms with Crippen molar-refractivity contribution in [1.29, 1.82) is 0 Å². The topological polar surface area (TPSA) is 58.1 Å². The van der Waals surface area contributed by atoms with Crippen molar-refractivity contribution in [3.63, 3.8) is 0 Å². The molecule has 0 bridgehead atoms. The number of benzene rings is 1. The molecule has 0 fully saturated rings. The molecule has 23 heavy (non-hydrogen) atoms. The van der Waals surface area contributed by atoms with Crippen LogP contribution < -0.4 is 5.32 Å². The summed E-state index contributed by atoms with van der Waals surface area (Å²) in [6.45, 7) is 4.87. The van der Waals surface area contributed by atoms with Crippen molar-refractivity contribution in [2.24, 2.45) is 0 Å². The molecule has 0 aliphatic carbocycles. The third-order valence-corrected chi connectivity index (χ3v) is 4.20. The highest BCUT2D eigenvalue weighted by atomic mass is 32.2. The molecule has 122 valence electrons. The average Bonchev–Trinajstić information content (AvgIpc) is 2.52. The lowest BCUT2D eigenvalue weighted by molar-refractivity contribution is 0.210. The third kappa shape index (κ3) is 5.90. The zero-order valence-electron chi connectivity index (χ0n) is 13.7. The summed E-state index contributed by atoms with van der Waals surface area (Å²) in [7, 11) is 1.79. The monoisotopic (exact) mass is 330 g/mol. The first kappa shape index (κ1) is 17.3. The molecule has 1 heterocycles. The molecule has 1 aromatic carbocycles. The van der Waals surface area contributed by atoms with Crippen molar-refractivity contribution in [2.45, 2.75) is 25.3 Å². The van der Waals surface area contributed by atoms with Gasteiger partial charge < -0.3 is 10.2 Å². The second-order valence-electron chi connectivity index (χ2n) is 5.31. The number of hydrogen-bond acceptors (Lipinski definition) is 4. The summed E-state index contributed by atoms with van der Waals surface area (Å²) >= 11 is 1.74. The Morgan fingerprint density at radius 2 is 1.83 bits per heavy atom. The first-order chi connectivity index (χ1) is 11.0. The van der Waals surface area contributed by atoms with E-state index in [2.05, 4.69) is 27.4 Å². The zero-order valence-corrected chi connectivity index (χ0v) is 14.6. The summed E-state index contributed by atoms with van der Waals surface area (Å²) in [5, 5.41) is 2.85. The fourth-order valence-electron chi connectivity index (χ4n) is 2.09. The van der Waals surface area contributed by atoms with Crippen molar-refractivity contribution >= 4 is 17.8 Å². The van der Waals surface area contributed by atoms with Gasteiger partial charge in [0.2, 0.25) is 0 Å². The quantitative estimate of drug-likeness (QED) is 0.827. The van der Waals surface area contributed by atoms with E-state index in [9.17, 15) is 4.79 Å². The fraction of sp³-hybridized carbons (Fsp3) is 0.353. The van der Waals surface area contributed by atoms with E-state index >= 15 is 0 Å². The molecule has 1 aromatic heterocycles. The van der Waals surface area contributed by atoms with Gasteiger partial charge in [-0.3, -0.25) is 0 Å². The van der Waals surface area contributed by atoms with Crippen LogP contribution >= 0.6 is 11.8 Å². The van der Waals surface area contributed by atoms with E-state index in [0.717, 1.165) is 17.1 Å². The van der Waals surface area contributed by atoms with Gasteiger partial charge in [0, 0.05) is 35.6 Å². The SMILES string of the molecule is Cc1cc(C)nc(CNC(=O)N(C)CCSc2ccccc2)n1. The minimum atomic E-state index is -0.110. The Bertz CT molecular complexity index is 628. The number of thioether (sulfide) groups is 1. The summed E-state index contributed by atoms with van der Waals surface area (Å²) in [6.07, 6.45) is 0. The Morgan fingerprint density at radius 3 is 2.48 bits per heavy atom. The number of aromatic nitrogens is 2. The van der Waals surface area contributed by atoms with E-state index in [-0.39, 0.29) is 6.03 Å². The predicted octanol–water partition coefficient (Wildman–Crippen LogP) is 3.03. The molecule has 2 aromatic rings. The number of rotatable bonds is 6. The number of hydrogen-bond donors (Lipinski definition) is 1. The molecule has 0 atom stereocenters. The highest BCUT2D eigenvalue weighted by Gasteiger charge is 2.09. The van der Waals surface area contributed by atoms with Crippen LogP contribution in [0, 0.1) is 13.8 Å². The van der Waals surface area contributed by atoms with Crippen LogP contribution in [0.25, 0.3) is 0 Å². The van der Waals surface area contributed by atoms with Crippen molar-refractivity contribution in [3.8, 4) is 0 Å². The van der Waals surface area contributed by atoms with Gasteiger partial charge in [-0.1, -0.05) is 18.2 Å². The molecular formula is C17H22N4OS. The van der Waals surface area contributed by atoms with Crippen LogP contribution in [0.5, 0.6) is 0 Å². The van der Waals surface area contributed by atoms with Crippen LogP contribution in [0.1, 0.15) is 17.2 Å². The largest absolute Gasteiger partial charge is 0.331 e. The summed E-state index contributed by atoms with van der Waals surface area (Å²) < 4.78 is 0. The van der Waals surface area contributed by atoms with Gasteiger partial charge >= 0.3 is 6.03 Å². The fourth-order valence-corrected chi connectivity index (χ4v) is 3.04. The van der Waals surface area contributed by atoms with E-state index < -0.39 is 0 Å². The van der Waals surface area contributed by atoms with Crippen LogP contribution in [-0.2, 0) is 6.54 Å². The summed E-state index contributed by atoms with van der Waals surface area (Å²) in [4.78, 5) is 23.6. The smallest absolute Gasteiger partial charge is 0.317 e. The normalized spacial score (nSPS) is 10.4. The Balaban J connectivity index is 1.74. The van der Waals surface area contributed by atoms with Gasteiger partial charge in [0.15, 0.2) is 0 Å². The van der Waals surface area contributed by atoms with Crippen LogP contribution in [0.3, 0.4) is 0 Å². The molecule has 6 heteroatoms. The molecule has 0 unspecified atom stereocenters. The Labute approximate surface area is 141 Å². The number of nitrogens with zero attached hydrogens (tertiary/aromatic N) is 3. The number of aryl methyl sites for hydroxylation is 2. The Kier molecular flexibility index (Phi) is 6.40. The van der Waals surface area contributed by atoms with Gasteiger partial charge in [-0.25, -0.2) is 14.8 Å². The van der Waals surface area contributed by atoms with Gasteiger partial charge in [-0.2, -0.15) is 0 Å². The van der Waals surface area contributed by atoms with Gasteiger partial charge in [0.05, 0.1) is 6.54 Å². The van der Waals surface area contributed by atoms with E-state index in [0.29, 0.717) is 18.9 Å². The highest BCUT2D eigenvalue weighted by Crippen LogP contribution is 2.16. The predicted molar refractivity (Wildman–Crippen MR) is 93.5 cm³/mol. The lowest BCUT2D eigenvalue weighted by Gasteiger charge is -2.17. The molecule has 2 amide bonds. The Morgan fingerprint density at radius 1 is 1.17 bits per heavy atom. The standard InChI is InChI=1S/C17H22N4OS/c1-13-11-14(2)20-16(19-13)12-18-17(22)21(3)9-10-23-15-7-5-4-6-8-15/h4-8,11H,9-10,12H2,1-3H3,(H,18,22). The van der Waals surface area contributed by atoms with Crippen molar-refractivity contribution in [1.82, 2.24) is 20.2 Å². The molecule has 2 rings (SSSR count). The maximum Gasteiger partial charge on any atom is 0.317 e. The minimum absolute atomic E-state index is 0.110. The van der Waals surface area contributed by atoms with Crippen LogP contribution in [0.4, 0.5) is 4.79 Å². The number of carbonyl (C=O) groups excluding carboxylic acids is 1. The third-order valence-electron chi connectivity index (χ3n) is 3.21. The number of amides is 2. The minimum Gasteiger partial charge on any atom is -0.331 e. The number of carbonyl (C=O) groups is 1. The number of nitrogens with one attached hydrogen (secondary N) is 1. The van der Waals surface area contributed by atoms with Crippen molar-refractivity contribution < 1.29 is 4.79 Å². The summed E-state index contributed by atoms with van der Waals surface area (Å²) in [6, 6.07) is 12.0. The van der Waals surface area contributed by atoms with E-state index in [1.807, 2.05) is 38.1 Å². The first-order valence-electron chi connectivity index (χ1n) is 7.52. The first-order valence-corrected chi connectivity index (χ1v) is 8.51. The molecule has 0 radical (unpaired) electrons. The molecule has 0 aliphatic heterocycles. The molecule has 0 aliphatic rings. The maximum atomic E-state index is 12.1. The van der Waals surface area contributed by atoms with Crippen LogP contribution in [0.15, 0.2) is 41.3 Å². The van der Waals surface area contributed by atoms with E-state index in [4.69, 9.17) is 0 Å². The average molecular weight is 330 g/mol. The Hall–Kier alpha value is -2.08. The van der Waals surface area contributed by atoms with Gasteiger partial charge in [0.25, 0.3) is 0 Å². The van der Waals surface area contributed by atoms with E-state index in [1.54, 1.807) is 23.7 Å². The second kappa shape index (κ2) is 8.53. The van der Waals surface area contributed by atoms with Gasteiger partial charge in [-0.05, 0) is 32.0 Å². The van der Waals surface area contributed by atoms with Gasteiger partial charge in [-0.15, -0.1) is 11.8 Å². The molecule has 0 spiro atoms. The van der Waals surface area contributed by atoms with E-state index in [1.165, 1.54) is 4.90 Å². The van der Waals surface area contributed by atoms with Crippen molar-refractivity contribution in [2.75, 3.05) is 19.3 Å². The number of urea groups is 1. The lowest BCUT2D eigenvalue weighted by Crippen LogP contribution is -2.38. The second-order valence-corrected chi connectivity index (χ2v) is 6.48. The lowest BCUT2D eigenvalue weighted by atomic mass is 10.3. The zero-order chi connectivity index (χ0) is 16.7. The highest BCUT2D eigenvalue weighted by molar-refractivity contribution is 7.99. The summed E-state index contributed by atoms with van der Waals surface area (Å²) in [5.74, 6) is 1.50. The molecular weight excluding hydrogens is 308 g/mol. The molecule has 1 N–H and O–H groups in total. The van der Waals surface area contributed by atoms with Crippen LogP contribution in [-0.4, -0.2) is 40.2 Å². The summed E-state index contributed by atoms with van der Waals surface area (Å²) in [5.41, 5.74) is 1.82. The molecule has 0 saturated carbocycles. The molecule has 5 nitrogen and oxygen atoms in total. The maximum absolute atomic E-state index is 12.1. The van der Waals surface area contributed by atoms with Gasteiger partial charge in [0.1, 0.15) is 5.82 Å². The van der Waals surface area contributed by atoms with Crippen LogP contribution in [0.2, 0.25) is 0 Å².